The molecule has 0 saturated heterocycles. The van der Waals surface area contributed by atoms with Gasteiger partial charge < -0.3 is 4.74 Å². The van der Waals surface area contributed by atoms with Crippen molar-refractivity contribution in [2.24, 2.45) is 0 Å². The summed E-state index contributed by atoms with van der Waals surface area (Å²) in [5, 5.41) is 0.983. The first-order chi connectivity index (χ1) is 11.7. The second-order valence-corrected chi connectivity index (χ2v) is 4.99. The van der Waals surface area contributed by atoms with Crippen LogP contribution in [0.3, 0.4) is 0 Å². The zero-order valence-corrected chi connectivity index (χ0v) is 13.9. The number of anilines is 1. The van der Waals surface area contributed by atoms with Gasteiger partial charge >= 0.3 is 6.18 Å². The Morgan fingerprint density at radius 1 is 1.36 bits per heavy atom. The van der Waals surface area contributed by atoms with Crippen molar-refractivity contribution in [2.45, 2.75) is 13.1 Å². The van der Waals surface area contributed by atoms with Gasteiger partial charge in [0.15, 0.2) is 0 Å². The van der Waals surface area contributed by atoms with Crippen molar-refractivity contribution in [3.8, 4) is 11.8 Å². The summed E-state index contributed by atoms with van der Waals surface area (Å²) in [6.07, 6.45) is -3.05. The normalized spacial score (nSPS) is 11.4. The number of halogens is 3. The number of hydrogen-bond donors (Lipinski definition) is 1. The van der Waals surface area contributed by atoms with E-state index < -0.39 is 17.6 Å². The molecule has 0 radical (unpaired) electrons. The molecule has 1 aromatic rings. The minimum Gasteiger partial charge on any atom is -0.372 e. The molecule has 0 aliphatic heterocycles. The van der Waals surface area contributed by atoms with E-state index in [1.54, 1.807) is 0 Å². The highest BCUT2D eigenvalue weighted by molar-refractivity contribution is 5.96. The van der Waals surface area contributed by atoms with Crippen molar-refractivity contribution in [2.75, 3.05) is 26.2 Å². The number of hydrogen-bond acceptors (Lipinski definition) is 4. The van der Waals surface area contributed by atoms with Gasteiger partial charge in [-0.15, -0.1) is 0 Å². The standard InChI is InChI=1S/C17H17F3N2O3/c1-12(6-7-23)16(24)22(2)21-15-10-13(5-4-8-25-3)9-14(11-15)17(18,19)20/h6-7,9-11,21H,8H2,1-3H3/b12-6-. The van der Waals surface area contributed by atoms with Crippen LogP contribution in [0.4, 0.5) is 18.9 Å². The van der Waals surface area contributed by atoms with Crippen LogP contribution in [-0.2, 0) is 20.5 Å². The molecule has 0 aromatic heterocycles. The third kappa shape index (κ3) is 6.31. The second-order valence-electron chi connectivity index (χ2n) is 4.99. The number of likely N-dealkylation sites (N-methyl/N-ethyl adjacent to an activating group) is 1. The summed E-state index contributed by atoms with van der Waals surface area (Å²) in [5.74, 6) is 4.58. The van der Waals surface area contributed by atoms with Crippen LogP contribution in [0.1, 0.15) is 18.1 Å². The maximum atomic E-state index is 13.0. The van der Waals surface area contributed by atoms with Crippen molar-refractivity contribution in [3.05, 3.63) is 41.0 Å². The quantitative estimate of drug-likeness (QED) is 0.382. The molecule has 1 aromatic carbocycles. The fourth-order valence-electron chi connectivity index (χ4n) is 1.82. The van der Waals surface area contributed by atoms with Gasteiger partial charge in [-0.1, -0.05) is 11.8 Å². The van der Waals surface area contributed by atoms with Crippen molar-refractivity contribution in [3.63, 3.8) is 0 Å². The number of rotatable bonds is 5. The molecule has 0 saturated carbocycles. The molecule has 0 unspecified atom stereocenters. The Morgan fingerprint density at radius 3 is 2.60 bits per heavy atom. The molecular formula is C17H17F3N2O3. The average Bonchev–Trinajstić information content (AvgIpc) is 2.53. The zero-order valence-electron chi connectivity index (χ0n) is 13.9. The van der Waals surface area contributed by atoms with E-state index in [0.29, 0.717) is 6.29 Å². The van der Waals surface area contributed by atoms with E-state index in [0.717, 1.165) is 23.2 Å². The first-order valence-corrected chi connectivity index (χ1v) is 7.06. The molecule has 1 N–H and O–H groups in total. The van der Waals surface area contributed by atoms with Crippen LogP contribution in [-0.4, -0.2) is 38.0 Å². The minimum absolute atomic E-state index is 0.0336. The van der Waals surface area contributed by atoms with E-state index in [1.807, 2.05) is 0 Å². The first kappa shape index (κ1) is 20.3. The second kappa shape index (κ2) is 8.89. The lowest BCUT2D eigenvalue weighted by Gasteiger charge is -2.21. The number of aldehydes is 1. The lowest BCUT2D eigenvalue weighted by molar-refractivity contribution is -0.137. The summed E-state index contributed by atoms with van der Waals surface area (Å²) in [6, 6.07) is 3.15. The molecule has 8 heteroatoms. The number of amides is 1. The number of ether oxygens (including phenoxy) is 1. The fourth-order valence-corrected chi connectivity index (χ4v) is 1.82. The van der Waals surface area contributed by atoms with E-state index in [1.165, 1.54) is 27.1 Å². The molecular weight excluding hydrogens is 337 g/mol. The van der Waals surface area contributed by atoms with Gasteiger partial charge in [0.2, 0.25) is 0 Å². The van der Waals surface area contributed by atoms with E-state index in [9.17, 15) is 22.8 Å². The molecule has 0 bridgehead atoms. The van der Waals surface area contributed by atoms with Crippen molar-refractivity contribution in [1.82, 2.24) is 5.01 Å². The average molecular weight is 354 g/mol. The van der Waals surface area contributed by atoms with E-state index in [4.69, 9.17) is 4.74 Å². The monoisotopic (exact) mass is 354 g/mol. The van der Waals surface area contributed by atoms with E-state index in [-0.39, 0.29) is 23.4 Å². The van der Waals surface area contributed by atoms with Crippen molar-refractivity contribution >= 4 is 17.9 Å². The van der Waals surface area contributed by atoms with Crippen molar-refractivity contribution < 1.29 is 27.5 Å². The minimum atomic E-state index is -4.56. The lowest BCUT2D eigenvalue weighted by atomic mass is 10.1. The van der Waals surface area contributed by atoms with Gasteiger partial charge in [-0.05, 0) is 31.2 Å². The summed E-state index contributed by atoms with van der Waals surface area (Å²) in [4.78, 5) is 22.4. The molecule has 0 atom stereocenters. The fraction of sp³-hybridized carbons (Fsp3) is 0.294. The largest absolute Gasteiger partial charge is 0.416 e. The van der Waals surface area contributed by atoms with Crippen LogP contribution in [0.2, 0.25) is 0 Å². The molecule has 5 nitrogen and oxygen atoms in total. The third-order valence-corrected chi connectivity index (χ3v) is 2.97. The van der Waals surface area contributed by atoms with Crippen LogP contribution in [0.5, 0.6) is 0 Å². The van der Waals surface area contributed by atoms with Crippen LogP contribution < -0.4 is 5.43 Å². The van der Waals surface area contributed by atoms with E-state index in [2.05, 4.69) is 17.3 Å². The number of nitrogens with zero attached hydrogens (tertiary/aromatic N) is 1. The summed E-state index contributed by atoms with van der Waals surface area (Å²) >= 11 is 0. The number of carbonyl (C=O) groups excluding carboxylic acids is 2. The summed E-state index contributed by atoms with van der Waals surface area (Å²) in [5.41, 5.74) is 1.94. The first-order valence-electron chi connectivity index (χ1n) is 7.06. The van der Waals surface area contributed by atoms with Gasteiger partial charge in [-0.25, -0.2) is 0 Å². The summed E-state index contributed by atoms with van der Waals surface area (Å²) < 4.78 is 43.8. The molecule has 0 spiro atoms. The Kier molecular flexibility index (Phi) is 7.21. The highest BCUT2D eigenvalue weighted by Gasteiger charge is 2.31. The van der Waals surface area contributed by atoms with Crippen LogP contribution in [0, 0.1) is 11.8 Å². The van der Waals surface area contributed by atoms with Gasteiger partial charge in [0.05, 0.1) is 11.3 Å². The molecule has 1 amide bonds. The number of nitrogens with one attached hydrogen (secondary N) is 1. The Hall–Kier alpha value is -2.79. The number of hydrazine groups is 1. The molecule has 0 aliphatic rings. The summed E-state index contributed by atoms with van der Waals surface area (Å²) in [7, 11) is 2.75. The molecule has 1 rings (SSSR count). The Bertz CT molecular complexity index is 731. The molecule has 0 fully saturated rings. The number of carbonyl (C=O) groups is 2. The smallest absolute Gasteiger partial charge is 0.372 e. The SMILES string of the molecule is COCC#Cc1cc(NN(C)C(=O)/C(C)=C\C=O)cc(C(F)(F)F)c1. The zero-order chi connectivity index (χ0) is 19.0. The Morgan fingerprint density at radius 2 is 2.04 bits per heavy atom. The van der Waals surface area contributed by atoms with Crippen LogP contribution in [0.25, 0.3) is 0 Å². The van der Waals surface area contributed by atoms with Gasteiger partial charge in [0.1, 0.15) is 12.9 Å². The summed E-state index contributed by atoms with van der Waals surface area (Å²) in [6.45, 7) is 1.50. The lowest BCUT2D eigenvalue weighted by Crippen LogP contribution is -2.33. The number of allylic oxidation sites excluding steroid dienone is 1. The number of methoxy groups -OCH3 is 1. The van der Waals surface area contributed by atoms with Crippen LogP contribution in [0.15, 0.2) is 29.8 Å². The maximum absolute atomic E-state index is 13.0. The Labute approximate surface area is 143 Å². The van der Waals surface area contributed by atoms with Gasteiger partial charge in [-0.3, -0.25) is 20.0 Å². The van der Waals surface area contributed by atoms with Crippen molar-refractivity contribution in [1.29, 1.82) is 0 Å². The molecule has 0 aliphatic carbocycles. The topological polar surface area (TPSA) is 58.6 Å². The van der Waals surface area contributed by atoms with Gasteiger partial charge in [0.25, 0.3) is 5.91 Å². The number of alkyl halides is 3. The third-order valence-electron chi connectivity index (χ3n) is 2.97. The predicted molar refractivity (Wildman–Crippen MR) is 86.4 cm³/mol. The highest BCUT2D eigenvalue weighted by Crippen LogP contribution is 2.32. The maximum Gasteiger partial charge on any atom is 0.416 e. The molecule has 0 heterocycles. The highest BCUT2D eigenvalue weighted by atomic mass is 19.4. The van der Waals surface area contributed by atoms with E-state index >= 15 is 0 Å². The predicted octanol–water partition coefficient (Wildman–Crippen LogP) is 2.63. The molecule has 134 valence electrons. The van der Waals surface area contributed by atoms with Gasteiger partial charge in [0, 0.05) is 25.3 Å². The number of benzene rings is 1. The Balaban J connectivity index is 3.15. The van der Waals surface area contributed by atoms with Gasteiger partial charge in [-0.2, -0.15) is 13.2 Å². The molecule has 25 heavy (non-hydrogen) atoms. The van der Waals surface area contributed by atoms with Crippen LogP contribution >= 0.6 is 0 Å².